The highest BCUT2D eigenvalue weighted by atomic mass is 32.2. The van der Waals surface area contributed by atoms with Crippen molar-refractivity contribution in [3.63, 3.8) is 0 Å². The molecule has 186 valence electrons. The fourth-order valence-electron chi connectivity index (χ4n) is 3.77. The van der Waals surface area contributed by atoms with Gasteiger partial charge in [-0.2, -0.15) is 4.31 Å². The second kappa shape index (κ2) is 11.9. The zero-order valence-corrected chi connectivity index (χ0v) is 21.3. The van der Waals surface area contributed by atoms with E-state index >= 15 is 0 Å². The molecule has 1 N–H and O–H groups in total. The quantitative estimate of drug-likeness (QED) is 0.432. The molecule has 0 aliphatic rings. The van der Waals surface area contributed by atoms with Crippen LogP contribution in [0.4, 0.5) is 0 Å². The lowest BCUT2D eigenvalue weighted by Gasteiger charge is -2.23. The third-order valence-electron chi connectivity index (χ3n) is 5.81. The summed E-state index contributed by atoms with van der Waals surface area (Å²) in [6, 6.07) is 21.4. The van der Waals surface area contributed by atoms with Gasteiger partial charge in [0.2, 0.25) is 15.9 Å². The van der Waals surface area contributed by atoms with Crippen LogP contribution in [-0.4, -0.2) is 45.9 Å². The van der Waals surface area contributed by atoms with Gasteiger partial charge in [-0.05, 0) is 67.3 Å². The Kier molecular flexibility index (Phi) is 8.89. The van der Waals surface area contributed by atoms with E-state index in [0.717, 1.165) is 16.9 Å². The highest BCUT2D eigenvalue weighted by Crippen LogP contribution is 2.24. The minimum Gasteiger partial charge on any atom is -0.497 e. The van der Waals surface area contributed by atoms with Gasteiger partial charge >= 0.3 is 0 Å². The number of carbonyl (C=O) groups excluding carboxylic acids is 1. The molecule has 7 nitrogen and oxygen atoms in total. The maximum Gasteiger partial charge on any atom is 0.243 e. The number of benzene rings is 3. The monoisotopic (exact) mass is 496 g/mol. The zero-order chi connectivity index (χ0) is 25.4. The van der Waals surface area contributed by atoms with Crippen molar-refractivity contribution in [1.82, 2.24) is 9.62 Å². The van der Waals surface area contributed by atoms with Gasteiger partial charge in [-0.3, -0.25) is 4.79 Å². The fraction of sp³-hybridized carbons (Fsp3) is 0.296. The van der Waals surface area contributed by atoms with E-state index in [1.165, 1.54) is 17.5 Å². The van der Waals surface area contributed by atoms with Crippen molar-refractivity contribution in [2.45, 2.75) is 31.2 Å². The maximum absolute atomic E-state index is 13.6. The molecule has 8 heteroatoms. The predicted octanol–water partition coefficient (Wildman–Crippen LogP) is 4.12. The molecule has 0 radical (unpaired) electrons. The molecule has 0 fully saturated rings. The second-order valence-electron chi connectivity index (χ2n) is 8.27. The van der Waals surface area contributed by atoms with Crippen molar-refractivity contribution < 1.29 is 22.7 Å². The lowest BCUT2D eigenvalue weighted by Crippen LogP contribution is -2.42. The maximum atomic E-state index is 13.6. The molecule has 0 saturated carbocycles. The number of carbonyl (C=O) groups is 1. The summed E-state index contributed by atoms with van der Waals surface area (Å²) in [4.78, 5) is 13.1. The molecule has 0 heterocycles. The Bertz CT molecular complexity index is 1230. The van der Waals surface area contributed by atoms with Crippen LogP contribution in [0.1, 0.15) is 29.7 Å². The highest BCUT2D eigenvalue weighted by Gasteiger charge is 2.27. The normalized spacial score (nSPS) is 12.3. The van der Waals surface area contributed by atoms with Gasteiger partial charge in [-0.15, -0.1) is 0 Å². The van der Waals surface area contributed by atoms with E-state index in [2.05, 4.69) is 5.32 Å². The fourth-order valence-corrected chi connectivity index (χ4v) is 5.25. The van der Waals surface area contributed by atoms with E-state index in [4.69, 9.17) is 9.47 Å². The Hall–Kier alpha value is -3.36. The molecule has 3 aromatic rings. The topological polar surface area (TPSA) is 84.9 Å². The molecule has 3 aromatic carbocycles. The number of amides is 1. The summed E-state index contributed by atoms with van der Waals surface area (Å²) in [6.45, 7) is 3.52. The minimum atomic E-state index is -3.92. The van der Waals surface area contributed by atoms with Crippen LogP contribution in [0, 0.1) is 6.92 Å². The standard InChI is InChI=1S/C27H32N2O5S/c1-20-18-25(14-15-26(20)34-4)35(31,32)29(17-16-22-8-6-5-7-9-22)19-27(30)28-21(2)23-10-12-24(33-3)13-11-23/h5-15,18,21H,16-17,19H2,1-4H3,(H,28,30). The molecule has 1 atom stereocenters. The predicted molar refractivity (Wildman–Crippen MR) is 136 cm³/mol. The van der Waals surface area contributed by atoms with Crippen LogP contribution in [0.2, 0.25) is 0 Å². The highest BCUT2D eigenvalue weighted by molar-refractivity contribution is 7.89. The van der Waals surface area contributed by atoms with Crippen LogP contribution in [0.15, 0.2) is 77.7 Å². The van der Waals surface area contributed by atoms with Crippen LogP contribution in [-0.2, 0) is 21.2 Å². The number of nitrogens with zero attached hydrogens (tertiary/aromatic N) is 1. The lowest BCUT2D eigenvalue weighted by molar-refractivity contribution is -0.121. The second-order valence-corrected chi connectivity index (χ2v) is 10.2. The van der Waals surface area contributed by atoms with Crippen molar-refractivity contribution in [3.05, 3.63) is 89.5 Å². The number of methoxy groups -OCH3 is 2. The van der Waals surface area contributed by atoms with Crippen LogP contribution >= 0.6 is 0 Å². The molecule has 1 unspecified atom stereocenters. The molecule has 0 spiro atoms. The van der Waals surface area contributed by atoms with Gasteiger partial charge in [0, 0.05) is 6.54 Å². The van der Waals surface area contributed by atoms with E-state index in [9.17, 15) is 13.2 Å². The molecule has 0 saturated heterocycles. The minimum absolute atomic E-state index is 0.125. The van der Waals surface area contributed by atoms with E-state index in [1.807, 2.05) is 61.5 Å². The van der Waals surface area contributed by atoms with E-state index in [0.29, 0.717) is 17.7 Å². The Labute approximate surface area is 207 Å². The van der Waals surface area contributed by atoms with E-state index in [1.54, 1.807) is 26.2 Å². The van der Waals surface area contributed by atoms with E-state index in [-0.39, 0.29) is 29.9 Å². The first-order chi connectivity index (χ1) is 16.7. The van der Waals surface area contributed by atoms with Crippen molar-refractivity contribution in [2.24, 2.45) is 0 Å². The number of rotatable bonds is 11. The van der Waals surface area contributed by atoms with Gasteiger partial charge in [0.05, 0.1) is 31.7 Å². The van der Waals surface area contributed by atoms with Crippen molar-refractivity contribution in [2.75, 3.05) is 27.3 Å². The van der Waals surface area contributed by atoms with Crippen LogP contribution < -0.4 is 14.8 Å². The molecule has 0 aliphatic carbocycles. The SMILES string of the molecule is COc1ccc(C(C)NC(=O)CN(CCc2ccccc2)S(=O)(=O)c2ccc(OC)c(C)c2)cc1. The molecule has 0 bridgehead atoms. The number of hydrogen-bond acceptors (Lipinski definition) is 5. The van der Waals surface area contributed by atoms with Gasteiger partial charge in [0.15, 0.2) is 0 Å². The zero-order valence-electron chi connectivity index (χ0n) is 20.5. The van der Waals surface area contributed by atoms with E-state index < -0.39 is 10.0 Å². The van der Waals surface area contributed by atoms with Crippen molar-refractivity contribution in [3.8, 4) is 11.5 Å². The molecular formula is C27H32N2O5S. The first-order valence-electron chi connectivity index (χ1n) is 11.4. The summed E-state index contributed by atoms with van der Waals surface area (Å²) in [5.41, 5.74) is 2.59. The van der Waals surface area contributed by atoms with Gasteiger partial charge in [0.1, 0.15) is 11.5 Å². The van der Waals surface area contributed by atoms with Crippen LogP contribution in [0.5, 0.6) is 11.5 Å². The number of sulfonamides is 1. The number of ether oxygens (including phenoxy) is 2. The summed E-state index contributed by atoms with van der Waals surface area (Å²) in [6.07, 6.45) is 0.483. The van der Waals surface area contributed by atoms with Crippen molar-refractivity contribution in [1.29, 1.82) is 0 Å². The first kappa shape index (κ1) is 26.2. The molecule has 35 heavy (non-hydrogen) atoms. The summed E-state index contributed by atoms with van der Waals surface area (Å²) in [7, 11) is -0.792. The molecule has 0 aliphatic heterocycles. The number of hydrogen-bond donors (Lipinski definition) is 1. The van der Waals surface area contributed by atoms with Crippen LogP contribution in [0.3, 0.4) is 0 Å². The average Bonchev–Trinajstić information content (AvgIpc) is 2.86. The number of aryl methyl sites for hydroxylation is 1. The Morgan fingerprint density at radius 3 is 2.26 bits per heavy atom. The average molecular weight is 497 g/mol. The van der Waals surface area contributed by atoms with Gasteiger partial charge < -0.3 is 14.8 Å². The lowest BCUT2D eigenvalue weighted by atomic mass is 10.1. The van der Waals surface area contributed by atoms with Crippen LogP contribution in [0.25, 0.3) is 0 Å². The molecule has 3 rings (SSSR count). The van der Waals surface area contributed by atoms with Crippen molar-refractivity contribution >= 4 is 15.9 Å². The molecule has 0 aromatic heterocycles. The summed E-state index contributed by atoms with van der Waals surface area (Å²) >= 11 is 0. The van der Waals surface area contributed by atoms with Gasteiger partial charge in [0.25, 0.3) is 0 Å². The summed E-state index contributed by atoms with van der Waals surface area (Å²) in [5, 5.41) is 2.91. The third kappa shape index (κ3) is 6.83. The molecule has 1 amide bonds. The van der Waals surface area contributed by atoms with Gasteiger partial charge in [-0.25, -0.2) is 8.42 Å². The number of nitrogens with one attached hydrogen (secondary N) is 1. The summed E-state index contributed by atoms with van der Waals surface area (Å²) in [5.74, 6) is 0.946. The molecular weight excluding hydrogens is 464 g/mol. The largest absolute Gasteiger partial charge is 0.497 e. The smallest absolute Gasteiger partial charge is 0.243 e. The Balaban J connectivity index is 1.80. The van der Waals surface area contributed by atoms with Gasteiger partial charge in [-0.1, -0.05) is 42.5 Å². The third-order valence-corrected chi connectivity index (χ3v) is 7.65. The summed E-state index contributed by atoms with van der Waals surface area (Å²) < 4.78 is 38.8. The Morgan fingerprint density at radius 2 is 1.66 bits per heavy atom. The first-order valence-corrected chi connectivity index (χ1v) is 12.8. The Morgan fingerprint density at radius 1 is 0.971 bits per heavy atom.